The molecule has 1 aliphatic heterocycles. The number of amidine groups is 1. The minimum Gasteiger partial charge on any atom is -0.409 e. The molecule has 2 fully saturated rings. The highest BCUT2D eigenvalue weighted by molar-refractivity contribution is 6.07. The summed E-state index contributed by atoms with van der Waals surface area (Å²) in [6, 6.07) is 0. The van der Waals surface area contributed by atoms with Gasteiger partial charge in [0.1, 0.15) is 5.41 Å². The topological polar surface area (TPSA) is 99.2 Å². The van der Waals surface area contributed by atoms with Crippen molar-refractivity contribution in [2.24, 2.45) is 16.3 Å². The Hall–Kier alpha value is -1.79. The van der Waals surface area contributed by atoms with Gasteiger partial charge >= 0.3 is 0 Å². The summed E-state index contributed by atoms with van der Waals surface area (Å²) in [7, 11) is 0. The van der Waals surface area contributed by atoms with Gasteiger partial charge in [0.05, 0.1) is 0 Å². The number of hydrogen-bond donors (Lipinski definition) is 2. The maximum Gasteiger partial charge on any atom is 0.236 e. The first-order valence-corrected chi connectivity index (χ1v) is 7.04. The maximum absolute atomic E-state index is 12.7. The SMILES string of the molecule is CC(=O)N1CCN(C(=O)C2(C(N)=NO)CCCC2)CC1. The predicted molar refractivity (Wildman–Crippen MR) is 73.1 cm³/mol. The summed E-state index contributed by atoms with van der Waals surface area (Å²) in [5.41, 5.74) is 4.94. The van der Waals surface area contributed by atoms with Gasteiger partial charge < -0.3 is 20.7 Å². The summed E-state index contributed by atoms with van der Waals surface area (Å²) in [6.07, 6.45) is 3.09. The zero-order chi connectivity index (χ0) is 14.8. The van der Waals surface area contributed by atoms with Crippen molar-refractivity contribution >= 4 is 17.6 Å². The van der Waals surface area contributed by atoms with Crippen molar-refractivity contribution in [3.05, 3.63) is 0 Å². The molecule has 0 aromatic rings. The molecule has 0 unspecified atom stereocenters. The molecule has 0 spiro atoms. The van der Waals surface area contributed by atoms with Gasteiger partial charge in [0.2, 0.25) is 11.8 Å². The Morgan fingerprint density at radius 3 is 2.05 bits per heavy atom. The number of carbonyl (C=O) groups excluding carboxylic acids is 2. The van der Waals surface area contributed by atoms with Crippen LogP contribution in [0.5, 0.6) is 0 Å². The van der Waals surface area contributed by atoms with Gasteiger partial charge in [-0.2, -0.15) is 0 Å². The third-order valence-corrected chi connectivity index (χ3v) is 4.48. The van der Waals surface area contributed by atoms with Crippen LogP contribution in [0, 0.1) is 5.41 Å². The van der Waals surface area contributed by atoms with Crippen molar-refractivity contribution in [3.8, 4) is 0 Å². The van der Waals surface area contributed by atoms with Crippen molar-refractivity contribution in [2.45, 2.75) is 32.6 Å². The molecule has 2 aliphatic rings. The van der Waals surface area contributed by atoms with E-state index < -0.39 is 5.41 Å². The maximum atomic E-state index is 12.7. The molecule has 2 rings (SSSR count). The second kappa shape index (κ2) is 5.68. The molecule has 0 aromatic carbocycles. The Morgan fingerprint density at radius 2 is 1.60 bits per heavy atom. The summed E-state index contributed by atoms with van der Waals surface area (Å²) in [4.78, 5) is 27.5. The van der Waals surface area contributed by atoms with Gasteiger partial charge in [-0.1, -0.05) is 18.0 Å². The fourth-order valence-corrected chi connectivity index (χ4v) is 3.18. The lowest BCUT2D eigenvalue weighted by molar-refractivity contribution is -0.143. The Balaban J connectivity index is 2.09. The average Bonchev–Trinajstić information content (AvgIpc) is 2.96. The van der Waals surface area contributed by atoms with Crippen LogP contribution in [-0.4, -0.2) is 58.8 Å². The van der Waals surface area contributed by atoms with Crippen molar-refractivity contribution in [3.63, 3.8) is 0 Å². The van der Waals surface area contributed by atoms with E-state index in [1.165, 1.54) is 6.92 Å². The van der Waals surface area contributed by atoms with E-state index in [0.29, 0.717) is 39.0 Å². The molecule has 0 bridgehead atoms. The monoisotopic (exact) mass is 282 g/mol. The van der Waals surface area contributed by atoms with Crippen LogP contribution in [0.2, 0.25) is 0 Å². The lowest BCUT2D eigenvalue weighted by atomic mass is 9.83. The summed E-state index contributed by atoms with van der Waals surface area (Å²) in [6.45, 7) is 3.66. The normalized spacial score (nSPS) is 22.9. The van der Waals surface area contributed by atoms with Crippen LogP contribution < -0.4 is 5.73 Å². The minimum atomic E-state index is -0.840. The third kappa shape index (κ3) is 2.44. The van der Waals surface area contributed by atoms with Crippen LogP contribution in [0.3, 0.4) is 0 Å². The van der Waals surface area contributed by atoms with Gasteiger partial charge in [-0.05, 0) is 12.8 Å². The summed E-state index contributed by atoms with van der Waals surface area (Å²) in [5, 5.41) is 12.0. The average molecular weight is 282 g/mol. The molecule has 7 nitrogen and oxygen atoms in total. The Labute approximate surface area is 118 Å². The van der Waals surface area contributed by atoms with Gasteiger partial charge in [0.15, 0.2) is 5.84 Å². The molecule has 3 N–H and O–H groups in total. The van der Waals surface area contributed by atoms with Crippen LogP contribution in [0.1, 0.15) is 32.6 Å². The quantitative estimate of drug-likeness (QED) is 0.322. The highest BCUT2D eigenvalue weighted by atomic mass is 16.4. The fourth-order valence-electron chi connectivity index (χ4n) is 3.18. The lowest BCUT2D eigenvalue weighted by Crippen LogP contribution is -2.56. The van der Waals surface area contributed by atoms with Crippen LogP contribution in [0.15, 0.2) is 5.16 Å². The smallest absolute Gasteiger partial charge is 0.236 e. The molecule has 112 valence electrons. The predicted octanol–water partition coefficient (Wildman–Crippen LogP) is -0.0161. The molecule has 1 saturated carbocycles. The number of carbonyl (C=O) groups is 2. The summed E-state index contributed by atoms with van der Waals surface area (Å²) in [5.74, 6) is -0.00777. The van der Waals surface area contributed by atoms with Gasteiger partial charge in [0, 0.05) is 33.1 Å². The summed E-state index contributed by atoms with van der Waals surface area (Å²) >= 11 is 0. The minimum absolute atomic E-state index is 0.0222. The van der Waals surface area contributed by atoms with Crippen molar-refractivity contribution in [1.82, 2.24) is 9.80 Å². The molecule has 0 atom stereocenters. The van der Waals surface area contributed by atoms with E-state index in [1.54, 1.807) is 9.80 Å². The molecule has 7 heteroatoms. The first-order chi connectivity index (χ1) is 9.51. The molecule has 20 heavy (non-hydrogen) atoms. The molecule has 1 aliphatic carbocycles. The molecule has 1 saturated heterocycles. The second-order valence-electron chi connectivity index (χ2n) is 5.57. The zero-order valence-corrected chi connectivity index (χ0v) is 11.8. The van der Waals surface area contributed by atoms with Crippen molar-refractivity contribution < 1.29 is 14.8 Å². The van der Waals surface area contributed by atoms with Gasteiger partial charge in [0.25, 0.3) is 0 Å². The van der Waals surface area contributed by atoms with E-state index in [-0.39, 0.29) is 17.6 Å². The molecule has 0 radical (unpaired) electrons. The first-order valence-electron chi connectivity index (χ1n) is 7.04. The third-order valence-electron chi connectivity index (χ3n) is 4.48. The highest BCUT2D eigenvalue weighted by Gasteiger charge is 2.47. The van der Waals surface area contributed by atoms with Crippen molar-refractivity contribution in [2.75, 3.05) is 26.2 Å². The van der Waals surface area contributed by atoms with Crippen LogP contribution in [0.25, 0.3) is 0 Å². The molecular weight excluding hydrogens is 260 g/mol. The van der Waals surface area contributed by atoms with Crippen molar-refractivity contribution in [1.29, 1.82) is 0 Å². The van der Waals surface area contributed by atoms with Crippen LogP contribution in [0.4, 0.5) is 0 Å². The van der Waals surface area contributed by atoms with Gasteiger partial charge in [-0.15, -0.1) is 0 Å². The Kier molecular flexibility index (Phi) is 4.15. The molecule has 2 amide bonds. The van der Waals surface area contributed by atoms with E-state index in [2.05, 4.69) is 5.16 Å². The number of nitrogens with zero attached hydrogens (tertiary/aromatic N) is 3. The zero-order valence-electron chi connectivity index (χ0n) is 11.8. The second-order valence-corrected chi connectivity index (χ2v) is 5.57. The molecule has 1 heterocycles. The fraction of sp³-hybridized carbons (Fsp3) is 0.769. The number of nitrogens with two attached hydrogens (primary N) is 1. The number of piperazine rings is 1. The van der Waals surface area contributed by atoms with E-state index in [1.807, 2.05) is 0 Å². The van der Waals surface area contributed by atoms with E-state index >= 15 is 0 Å². The largest absolute Gasteiger partial charge is 0.409 e. The van der Waals surface area contributed by atoms with Gasteiger partial charge in [-0.3, -0.25) is 9.59 Å². The van der Waals surface area contributed by atoms with E-state index in [4.69, 9.17) is 10.9 Å². The number of hydrogen-bond acceptors (Lipinski definition) is 4. The Bertz CT molecular complexity index is 421. The highest BCUT2D eigenvalue weighted by Crippen LogP contribution is 2.40. The van der Waals surface area contributed by atoms with Gasteiger partial charge in [-0.25, -0.2) is 0 Å². The lowest BCUT2D eigenvalue weighted by Gasteiger charge is -2.39. The van der Waals surface area contributed by atoms with E-state index in [9.17, 15) is 9.59 Å². The molecular formula is C13H22N4O3. The number of oxime groups is 1. The molecule has 0 aromatic heterocycles. The van der Waals surface area contributed by atoms with E-state index in [0.717, 1.165) is 12.8 Å². The number of amides is 2. The standard InChI is InChI=1S/C13H22N4O3/c1-10(18)16-6-8-17(9-7-16)12(19)13(11(14)15-20)4-2-3-5-13/h20H,2-9H2,1H3,(H2,14,15). The Morgan fingerprint density at radius 1 is 1.10 bits per heavy atom. The van der Waals surface area contributed by atoms with Crippen LogP contribution >= 0.6 is 0 Å². The summed E-state index contributed by atoms with van der Waals surface area (Å²) < 4.78 is 0. The first kappa shape index (κ1) is 14.6. The number of rotatable bonds is 2. The van der Waals surface area contributed by atoms with Crippen LogP contribution in [-0.2, 0) is 9.59 Å².